The van der Waals surface area contributed by atoms with Gasteiger partial charge in [0, 0.05) is 5.92 Å². The predicted molar refractivity (Wildman–Crippen MR) is 88.6 cm³/mol. The van der Waals surface area contributed by atoms with Crippen LogP contribution < -0.4 is 9.94 Å². The number of hydrogen-bond acceptors (Lipinski definition) is 6. The van der Waals surface area contributed by atoms with Crippen LogP contribution in [0.25, 0.3) is 10.2 Å². The van der Waals surface area contributed by atoms with Crippen molar-refractivity contribution in [2.45, 2.75) is 25.3 Å². The number of esters is 1. The highest BCUT2D eigenvalue weighted by Gasteiger charge is 2.15. The quantitative estimate of drug-likeness (QED) is 0.789. The lowest BCUT2D eigenvalue weighted by atomic mass is 10.2. The third kappa shape index (κ3) is 3.89. The molecule has 1 amide bonds. The second-order valence-electron chi connectivity index (χ2n) is 5.33. The zero-order valence-corrected chi connectivity index (χ0v) is 15.0. The fraction of sp³-hybridized carbons (Fsp3) is 0.357. The number of fused-ring (bicyclic) bond motifs is 1. The fourth-order valence-electron chi connectivity index (χ4n) is 1.89. The Kier molecular flexibility index (Phi) is 5.21. The molecule has 8 nitrogen and oxygen atoms in total. The van der Waals surface area contributed by atoms with E-state index in [1.165, 1.54) is 29.9 Å². The number of primary sulfonamides is 1. The Morgan fingerprint density at radius 2 is 2.04 bits per heavy atom. The van der Waals surface area contributed by atoms with Crippen LogP contribution in [0.2, 0.25) is 0 Å². The van der Waals surface area contributed by atoms with E-state index in [1.54, 1.807) is 13.8 Å². The van der Waals surface area contributed by atoms with Crippen LogP contribution in [0.15, 0.2) is 28.1 Å². The van der Waals surface area contributed by atoms with Crippen LogP contribution >= 0.6 is 11.3 Å². The molecule has 1 aromatic heterocycles. The number of hydrogen-bond donors (Lipinski definition) is 1. The number of carbonyl (C=O) groups is 2. The van der Waals surface area contributed by atoms with Crippen LogP contribution in [-0.2, 0) is 30.9 Å². The van der Waals surface area contributed by atoms with Crippen LogP contribution in [0.4, 0.5) is 0 Å². The van der Waals surface area contributed by atoms with Crippen molar-refractivity contribution < 1.29 is 22.7 Å². The highest BCUT2D eigenvalue weighted by molar-refractivity contribution is 7.89. The minimum absolute atomic E-state index is 0.0526. The maximum absolute atomic E-state index is 11.9. The predicted octanol–water partition coefficient (Wildman–Crippen LogP) is 0.606. The van der Waals surface area contributed by atoms with Crippen molar-refractivity contribution in [2.24, 2.45) is 16.0 Å². The lowest BCUT2D eigenvalue weighted by Gasteiger charge is -2.04. The van der Waals surface area contributed by atoms with E-state index in [0.717, 1.165) is 11.3 Å². The summed E-state index contributed by atoms with van der Waals surface area (Å²) in [5, 5.41) is 5.13. The largest absolute Gasteiger partial charge is 0.468 e. The maximum atomic E-state index is 11.9. The van der Waals surface area contributed by atoms with Gasteiger partial charge in [0.25, 0.3) is 5.91 Å². The van der Waals surface area contributed by atoms with Gasteiger partial charge in [-0.1, -0.05) is 25.2 Å². The number of thiazole rings is 1. The van der Waals surface area contributed by atoms with E-state index in [0.29, 0.717) is 15.0 Å². The third-order valence-electron chi connectivity index (χ3n) is 3.20. The first-order valence-electron chi connectivity index (χ1n) is 6.95. The Balaban J connectivity index is 2.72. The summed E-state index contributed by atoms with van der Waals surface area (Å²) >= 11 is 1.10. The summed E-state index contributed by atoms with van der Waals surface area (Å²) in [7, 11) is -2.60. The van der Waals surface area contributed by atoms with E-state index in [9.17, 15) is 18.0 Å². The van der Waals surface area contributed by atoms with Crippen molar-refractivity contribution in [3.63, 3.8) is 0 Å². The monoisotopic (exact) mass is 371 g/mol. The van der Waals surface area contributed by atoms with E-state index < -0.39 is 16.0 Å². The fourth-order valence-corrected chi connectivity index (χ4v) is 3.57. The molecule has 0 spiro atoms. The molecule has 1 heterocycles. The molecule has 130 valence electrons. The van der Waals surface area contributed by atoms with Gasteiger partial charge in [-0.15, -0.1) is 0 Å². The Hall–Kier alpha value is -2.04. The average molecular weight is 371 g/mol. The van der Waals surface area contributed by atoms with Gasteiger partial charge in [0.05, 0.1) is 22.2 Å². The van der Waals surface area contributed by atoms with Crippen LogP contribution in [0.1, 0.15) is 13.8 Å². The minimum atomic E-state index is -3.85. The van der Waals surface area contributed by atoms with Gasteiger partial charge < -0.3 is 9.30 Å². The SMILES string of the molecule is COC(=O)Cn1c(=NC(=O)C(C)C)sc2cc(S(N)(=O)=O)ccc21. The van der Waals surface area contributed by atoms with E-state index in [2.05, 4.69) is 9.73 Å². The molecule has 0 aliphatic rings. The number of ether oxygens (including phenoxy) is 1. The van der Waals surface area contributed by atoms with Gasteiger partial charge in [-0.05, 0) is 18.2 Å². The molecule has 0 saturated carbocycles. The molecule has 0 unspecified atom stereocenters. The average Bonchev–Trinajstić information content (AvgIpc) is 2.82. The smallest absolute Gasteiger partial charge is 0.325 e. The number of amides is 1. The van der Waals surface area contributed by atoms with Crippen LogP contribution in [0, 0.1) is 5.92 Å². The second kappa shape index (κ2) is 6.83. The maximum Gasteiger partial charge on any atom is 0.325 e. The number of sulfonamides is 1. The second-order valence-corrected chi connectivity index (χ2v) is 7.90. The number of methoxy groups -OCH3 is 1. The van der Waals surface area contributed by atoms with Gasteiger partial charge in [-0.2, -0.15) is 4.99 Å². The molecule has 1 aromatic carbocycles. The molecule has 2 rings (SSSR count). The molecule has 0 radical (unpaired) electrons. The van der Waals surface area contributed by atoms with Crippen molar-refractivity contribution >= 4 is 43.5 Å². The van der Waals surface area contributed by atoms with Crippen LogP contribution in [-0.4, -0.2) is 32.0 Å². The summed E-state index contributed by atoms with van der Waals surface area (Å²) in [5.74, 6) is -1.16. The van der Waals surface area contributed by atoms with Crippen molar-refractivity contribution in [3.05, 3.63) is 23.0 Å². The van der Waals surface area contributed by atoms with Crippen molar-refractivity contribution in [1.29, 1.82) is 0 Å². The zero-order valence-electron chi connectivity index (χ0n) is 13.3. The molecule has 0 fully saturated rings. The van der Waals surface area contributed by atoms with E-state index in [4.69, 9.17) is 5.14 Å². The van der Waals surface area contributed by atoms with E-state index in [-0.39, 0.29) is 23.3 Å². The van der Waals surface area contributed by atoms with E-state index >= 15 is 0 Å². The van der Waals surface area contributed by atoms with Crippen LogP contribution in [0.3, 0.4) is 0 Å². The molecular formula is C14H17N3O5S2. The zero-order chi connectivity index (χ0) is 18.1. The Labute approximate surface area is 142 Å². The van der Waals surface area contributed by atoms with Gasteiger partial charge in [-0.3, -0.25) is 9.59 Å². The highest BCUT2D eigenvalue weighted by atomic mass is 32.2. The molecule has 0 bridgehead atoms. The summed E-state index contributed by atoms with van der Waals surface area (Å²) in [5.41, 5.74) is 0.563. The van der Waals surface area contributed by atoms with Crippen molar-refractivity contribution in [3.8, 4) is 0 Å². The first-order valence-corrected chi connectivity index (χ1v) is 9.31. The third-order valence-corrected chi connectivity index (χ3v) is 5.15. The summed E-state index contributed by atoms with van der Waals surface area (Å²) in [6.07, 6.45) is 0. The van der Waals surface area contributed by atoms with Gasteiger partial charge >= 0.3 is 5.97 Å². The Morgan fingerprint density at radius 1 is 1.38 bits per heavy atom. The molecule has 0 atom stereocenters. The molecular weight excluding hydrogens is 354 g/mol. The standard InChI is InChI=1S/C14H17N3O5S2/c1-8(2)13(19)16-14-17(7-12(18)22-3)10-5-4-9(24(15,20)21)6-11(10)23-14/h4-6,8H,7H2,1-3H3,(H2,15,20,21). The number of carbonyl (C=O) groups excluding carboxylic acids is 2. The van der Waals surface area contributed by atoms with E-state index in [1.807, 2.05) is 0 Å². The molecule has 0 aliphatic heterocycles. The summed E-state index contributed by atoms with van der Waals surface area (Å²) < 4.78 is 29.7. The van der Waals surface area contributed by atoms with Crippen molar-refractivity contribution in [1.82, 2.24) is 4.57 Å². The van der Waals surface area contributed by atoms with Gasteiger partial charge in [-0.25, -0.2) is 13.6 Å². The lowest BCUT2D eigenvalue weighted by molar-refractivity contribution is -0.141. The molecule has 2 N–H and O–H groups in total. The number of benzene rings is 1. The summed E-state index contributed by atoms with van der Waals surface area (Å²) in [6.45, 7) is 3.28. The first kappa shape index (κ1) is 18.3. The van der Waals surface area contributed by atoms with Gasteiger partial charge in [0.15, 0.2) is 4.80 Å². The minimum Gasteiger partial charge on any atom is -0.468 e. The number of nitrogens with zero attached hydrogens (tertiary/aromatic N) is 2. The molecule has 0 aliphatic carbocycles. The lowest BCUT2D eigenvalue weighted by Crippen LogP contribution is -2.23. The summed E-state index contributed by atoms with van der Waals surface area (Å²) in [6, 6.07) is 4.25. The van der Waals surface area contributed by atoms with Crippen LogP contribution in [0.5, 0.6) is 0 Å². The number of rotatable bonds is 4. The molecule has 0 saturated heterocycles. The molecule has 24 heavy (non-hydrogen) atoms. The first-order chi connectivity index (χ1) is 11.1. The number of nitrogens with two attached hydrogens (primary N) is 1. The Bertz CT molecular complexity index is 970. The molecule has 10 heteroatoms. The van der Waals surface area contributed by atoms with Gasteiger partial charge in [0.1, 0.15) is 6.54 Å². The number of aromatic nitrogens is 1. The summed E-state index contributed by atoms with van der Waals surface area (Å²) in [4.78, 5) is 27.8. The highest BCUT2D eigenvalue weighted by Crippen LogP contribution is 2.21. The Morgan fingerprint density at radius 3 is 2.58 bits per heavy atom. The van der Waals surface area contributed by atoms with Crippen molar-refractivity contribution in [2.75, 3.05) is 7.11 Å². The topological polar surface area (TPSA) is 121 Å². The normalized spacial score (nSPS) is 12.8. The van der Waals surface area contributed by atoms with Gasteiger partial charge in [0.2, 0.25) is 10.0 Å². The molecule has 2 aromatic rings.